The average Bonchev–Trinajstić information content (AvgIpc) is 3.09. The van der Waals surface area contributed by atoms with Crippen LogP contribution >= 0.6 is 39.3 Å². The van der Waals surface area contributed by atoms with Gasteiger partial charge in [0, 0.05) is 21.6 Å². The molecule has 0 saturated carbocycles. The standard InChI is InChI=1S/C33H28BrClF2N4O6S/c1-42-22-9-7-18(8-10-22)15-43-28-23(36)11-19(12-24(28)37)16-44-30-27(40-41-38)29-25(17-45-32(47-29)20-5-3-2-4-6-20)46-33(30)48-26-13-21(35)14-39-31(26)34/h2-14,25,27,29-30,32-33H,15-17H2,1H3/t25?,27?,29-,30?,32?,33+/m0/s1. The molecule has 250 valence electrons. The third-order valence-corrected chi connectivity index (χ3v) is 9.90. The van der Waals surface area contributed by atoms with Gasteiger partial charge in [0.1, 0.15) is 40.7 Å². The lowest BCUT2D eigenvalue weighted by atomic mass is 9.96. The molecule has 0 spiro atoms. The van der Waals surface area contributed by atoms with Crippen LogP contribution in [-0.4, -0.2) is 48.5 Å². The summed E-state index contributed by atoms with van der Waals surface area (Å²) in [6, 6.07) is 19.3. The molecule has 0 amide bonds. The molecule has 0 aliphatic carbocycles. The molecular formula is C33H28BrClF2N4O6S. The molecule has 2 saturated heterocycles. The Morgan fingerprint density at radius 1 is 1.04 bits per heavy atom. The minimum atomic E-state index is -0.940. The quantitative estimate of drug-likeness (QED) is 0.0646. The van der Waals surface area contributed by atoms with E-state index in [9.17, 15) is 5.53 Å². The van der Waals surface area contributed by atoms with E-state index in [1.54, 1.807) is 37.4 Å². The van der Waals surface area contributed by atoms with Crippen LogP contribution in [0.3, 0.4) is 0 Å². The minimum Gasteiger partial charge on any atom is -0.497 e. The lowest BCUT2D eigenvalue weighted by Crippen LogP contribution is -2.60. The molecule has 0 radical (unpaired) electrons. The van der Waals surface area contributed by atoms with Crippen LogP contribution in [0.4, 0.5) is 8.78 Å². The number of nitrogens with zero attached hydrogens (tertiary/aromatic N) is 4. The normalized spacial score (nSPS) is 23.5. The van der Waals surface area contributed by atoms with Gasteiger partial charge in [-0.15, -0.1) is 0 Å². The van der Waals surface area contributed by atoms with E-state index in [1.807, 2.05) is 30.3 Å². The lowest BCUT2D eigenvalue weighted by molar-refractivity contribution is -0.300. The summed E-state index contributed by atoms with van der Waals surface area (Å²) in [5.74, 6) is -1.66. The number of thioether (sulfide) groups is 1. The number of pyridine rings is 1. The van der Waals surface area contributed by atoms with Crippen LogP contribution in [-0.2, 0) is 32.2 Å². The Morgan fingerprint density at radius 3 is 2.50 bits per heavy atom. The molecule has 0 N–H and O–H groups in total. The van der Waals surface area contributed by atoms with Crippen LogP contribution < -0.4 is 9.47 Å². The van der Waals surface area contributed by atoms with Crippen molar-refractivity contribution in [1.29, 1.82) is 0 Å². The second-order valence-corrected chi connectivity index (χ2v) is 13.1. The number of methoxy groups -OCH3 is 1. The number of azide groups is 1. The van der Waals surface area contributed by atoms with Gasteiger partial charge in [-0.1, -0.05) is 70.9 Å². The van der Waals surface area contributed by atoms with E-state index in [2.05, 4.69) is 30.9 Å². The SMILES string of the molecule is COc1ccc(COc2c(F)cc(COC3C(N=[N+]=[N-])[C@H]4OC(c5ccccc5)OCC4O[C@@H]3Sc3cc(Cl)cnc3Br)cc2F)cc1. The number of ether oxygens (including phenoxy) is 6. The molecule has 2 aliphatic heterocycles. The van der Waals surface area contributed by atoms with Crippen molar-refractivity contribution in [3.63, 3.8) is 0 Å². The summed E-state index contributed by atoms with van der Waals surface area (Å²) in [5, 5.41) is 4.48. The molecule has 2 fully saturated rings. The van der Waals surface area contributed by atoms with E-state index < -0.39 is 53.5 Å². The fourth-order valence-electron chi connectivity index (χ4n) is 5.32. The number of fused-ring (bicyclic) bond motifs is 1. The van der Waals surface area contributed by atoms with Gasteiger partial charge in [0.05, 0.1) is 31.4 Å². The van der Waals surface area contributed by atoms with Crippen molar-refractivity contribution in [3.8, 4) is 11.5 Å². The highest BCUT2D eigenvalue weighted by molar-refractivity contribution is 9.10. The highest BCUT2D eigenvalue weighted by Gasteiger charge is 2.50. The molecular weight excluding hydrogens is 734 g/mol. The van der Waals surface area contributed by atoms with E-state index in [1.165, 1.54) is 18.0 Å². The van der Waals surface area contributed by atoms with Crippen molar-refractivity contribution >= 4 is 39.3 Å². The van der Waals surface area contributed by atoms with Crippen molar-refractivity contribution in [2.45, 2.75) is 54.2 Å². The fourth-order valence-corrected chi connectivity index (χ4v) is 7.21. The van der Waals surface area contributed by atoms with Crippen molar-refractivity contribution < 1.29 is 37.2 Å². The molecule has 3 aromatic carbocycles. The van der Waals surface area contributed by atoms with Crippen LogP contribution in [0.1, 0.15) is 23.0 Å². The number of rotatable bonds is 11. The zero-order chi connectivity index (χ0) is 33.6. The summed E-state index contributed by atoms with van der Waals surface area (Å²) in [6.07, 6.45) is -1.57. The van der Waals surface area contributed by atoms with Crippen LogP contribution in [0.5, 0.6) is 11.5 Å². The molecule has 0 bridgehead atoms. The first-order valence-corrected chi connectivity index (χ1v) is 16.7. The molecule has 4 unspecified atom stereocenters. The number of hydrogen-bond acceptors (Lipinski definition) is 9. The van der Waals surface area contributed by atoms with Crippen LogP contribution in [0.15, 0.2) is 93.6 Å². The fraction of sp³-hybridized carbons (Fsp3) is 0.303. The largest absolute Gasteiger partial charge is 0.497 e. The zero-order valence-electron chi connectivity index (χ0n) is 25.2. The maximum absolute atomic E-state index is 15.2. The second kappa shape index (κ2) is 15.8. The van der Waals surface area contributed by atoms with Gasteiger partial charge >= 0.3 is 0 Å². The average molecular weight is 762 g/mol. The highest BCUT2D eigenvalue weighted by atomic mass is 79.9. The zero-order valence-corrected chi connectivity index (χ0v) is 28.4. The number of halogens is 4. The summed E-state index contributed by atoms with van der Waals surface area (Å²) < 4.78 is 66.5. The van der Waals surface area contributed by atoms with Gasteiger partial charge in [0.2, 0.25) is 0 Å². The summed E-state index contributed by atoms with van der Waals surface area (Å²) in [6.45, 7) is -0.154. The van der Waals surface area contributed by atoms with E-state index in [4.69, 9.17) is 40.0 Å². The van der Waals surface area contributed by atoms with Crippen molar-refractivity contribution in [3.05, 3.63) is 127 Å². The predicted octanol–water partition coefficient (Wildman–Crippen LogP) is 8.56. The predicted molar refractivity (Wildman–Crippen MR) is 177 cm³/mol. The van der Waals surface area contributed by atoms with Gasteiger partial charge < -0.3 is 28.4 Å². The van der Waals surface area contributed by atoms with E-state index in [0.717, 1.165) is 17.7 Å². The first-order chi connectivity index (χ1) is 23.3. The maximum Gasteiger partial charge on any atom is 0.191 e. The van der Waals surface area contributed by atoms with Gasteiger partial charge in [-0.25, -0.2) is 13.8 Å². The Hall–Kier alpha value is -3.46. The molecule has 4 aromatic rings. The topological polar surface area (TPSA) is 117 Å². The highest BCUT2D eigenvalue weighted by Crippen LogP contribution is 2.43. The van der Waals surface area contributed by atoms with Gasteiger partial charge in [-0.3, -0.25) is 0 Å². The van der Waals surface area contributed by atoms with E-state index in [-0.39, 0.29) is 25.4 Å². The minimum absolute atomic E-state index is 0.0516. The second-order valence-electron chi connectivity index (χ2n) is 10.8. The smallest absolute Gasteiger partial charge is 0.191 e. The van der Waals surface area contributed by atoms with Crippen LogP contribution in [0.25, 0.3) is 10.4 Å². The summed E-state index contributed by atoms with van der Waals surface area (Å²) >= 11 is 10.9. The van der Waals surface area contributed by atoms with Crippen molar-refractivity contribution in [1.82, 2.24) is 4.98 Å². The van der Waals surface area contributed by atoms with Gasteiger partial charge in [0.15, 0.2) is 23.7 Å². The molecule has 6 atom stereocenters. The molecule has 2 aliphatic rings. The van der Waals surface area contributed by atoms with E-state index in [0.29, 0.717) is 25.8 Å². The van der Waals surface area contributed by atoms with Gasteiger partial charge in [-0.2, -0.15) is 0 Å². The molecule has 48 heavy (non-hydrogen) atoms. The lowest BCUT2D eigenvalue weighted by Gasteiger charge is -2.48. The Labute approximate surface area is 292 Å². The molecule has 10 nitrogen and oxygen atoms in total. The number of aromatic nitrogens is 1. The molecule has 3 heterocycles. The summed E-state index contributed by atoms with van der Waals surface area (Å²) in [4.78, 5) is 7.98. The first-order valence-electron chi connectivity index (χ1n) is 14.7. The first kappa shape index (κ1) is 34.4. The monoisotopic (exact) mass is 760 g/mol. The van der Waals surface area contributed by atoms with Gasteiger partial charge in [0.25, 0.3) is 0 Å². The maximum atomic E-state index is 15.2. The van der Waals surface area contributed by atoms with Crippen molar-refractivity contribution in [2.24, 2.45) is 5.11 Å². The Balaban J connectivity index is 1.23. The Bertz CT molecular complexity index is 1750. The van der Waals surface area contributed by atoms with E-state index >= 15 is 8.78 Å². The van der Waals surface area contributed by atoms with Crippen LogP contribution in [0.2, 0.25) is 5.02 Å². The molecule has 1 aromatic heterocycles. The third kappa shape index (κ3) is 8.04. The van der Waals surface area contributed by atoms with Crippen LogP contribution in [0, 0.1) is 11.6 Å². The number of hydrogen-bond donors (Lipinski definition) is 0. The molecule has 15 heteroatoms. The summed E-state index contributed by atoms with van der Waals surface area (Å²) in [5.41, 5.74) is 10.5. The molecule has 6 rings (SSSR count). The Morgan fingerprint density at radius 2 is 1.79 bits per heavy atom. The third-order valence-electron chi connectivity index (χ3n) is 7.63. The summed E-state index contributed by atoms with van der Waals surface area (Å²) in [7, 11) is 1.55. The van der Waals surface area contributed by atoms with Crippen molar-refractivity contribution in [2.75, 3.05) is 13.7 Å². The number of benzene rings is 3. The Kier molecular flexibility index (Phi) is 11.3. The van der Waals surface area contributed by atoms with Gasteiger partial charge in [-0.05, 0) is 62.9 Å².